The zero-order valence-corrected chi connectivity index (χ0v) is 85.6. The summed E-state index contributed by atoms with van der Waals surface area (Å²) < 4.78 is 114. The van der Waals surface area contributed by atoms with Crippen LogP contribution in [0.15, 0.2) is 94.4 Å². The first-order valence-electron chi connectivity index (χ1n) is 46.8. The second-order valence-electron chi connectivity index (χ2n) is 43.4. The Kier molecular flexibility index (Phi) is 40.6. The van der Waals surface area contributed by atoms with Gasteiger partial charge in [0, 0.05) is 144 Å². The van der Waals surface area contributed by atoms with Crippen LogP contribution in [0.5, 0.6) is 0 Å². The number of unbranched alkanes of at least 4 members (excludes halogenated alkanes) is 5. The number of amides is 2. The molecule has 2 unspecified atom stereocenters. The van der Waals surface area contributed by atoms with Crippen LogP contribution in [0.2, 0.25) is 0 Å². The van der Waals surface area contributed by atoms with E-state index in [0.29, 0.717) is 127 Å². The molecule has 33 heteroatoms. The number of ketones is 1. The number of anilines is 2. The lowest BCUT2D eigenvalue weighted by molar-refractivity contribution is -0.438. The summed E-state index contributed by atoms with van der Waals surface area (Å²) >= 11 is 0. The van der Waals surface area contributed by atoms with Gasteiger partial charge in [0.1, 0.15) is 51.5 Å². The van der Waals surface area contributed by atoms with Crippen LogP contribution in [0.3, 0.4) is 0 Å². The first-order chi connectivity index (χ1) is 61.1. The number of benzene rings is 3. The minimum absolute atomic E-state index is 0.0137. The molecule has 3 aliphatic heterocycles. The number of hydrogen-bond donors (Lipinski definition) is 4. The van der Waals surface area contributed by atoms with Gasteiger partial charge in [-0.3, -0.25) is 76.7 Å². The number of nitrogens with one attached hydrogen (secondary N) is 2. The largest absolute Gasteiger partial charge is 0.460 e. The van der Waals surface area contributed by atoms with Crippen LogP contribution in [-0.4, -0.2) is 252 Å². The summed E-state index contributed by atoms with van der Waals surface area (Å²) in [5, 5.41) is 6.04. The summed E-state index contributed by atoms with van der Waals surface area (Å²) in [5.41, 5.74) is -1.40. The summed E-state index contributed by atoms with van der Waals surface area (Å²) in [5.74, 6) is -6.02. The maximum absolute atomic E-state index is 14.0. The fourth-order valence-electron chi connectivity index (χ4n) is 16.4. The molecular weight excluding hydrogens is 1750 g/mol. The molecule has 0 spiro atoms. The molecule has 3 aliphatic rings. The third-order valence-corrected chi connectivity index (χ3v) is 23.9. The zero-order chi connectivity index (χ0) is 100. The highest BCUT2D eigenvalue weighted by atomic mass is 32.2. The Bertz CT molecular complexity index is 4870. The Balaban J connectivity index is 1.16. The van der Waals surface area contributed by atoms with Crippen LogP contribution in [-0.2, 0) is 119 Å². The van der Waals surface area contributed by atoms with Gasteiger partial charge >= 0.3 is 41.8 Å². The van der Waals surface area contributed by atoms with Gasteiger partial charge < -0.3 is 48.7 Å². The predicted molar refractivity (Wildman–Crippen MR) is 512 cm³/mol. The van der Waals surface area contributed by atoms with Crippen molar-refractivity contribution in [3.05, 3.63) is 101 Å². The van der Waals surface area contributed by atoms with Gasteiger partial charge in [-0.15, -0.1) is 0 Å². The van der Waals surface area contributed by atoms with Gasteiger partial charge in [-0.2, -0.15) is 21.4 Å². The predicted octanol–water partition coefficient (Wildman–Crippen LogP) is 14.7. The molecule has 3 heterocycles. The van der Waals surface area contributed by atoms with Gasteiger partial charge in [-0.1, -0.05) is 44.9 Å². The van der Waals surface area contributed by atoms with E-state index in [9.17, 15) is 73.9 Å². The van der Waals surface area contributed by atoms with Crippen molar-refractivity contribution in [2.75, 3.05) is 102 Å². The summed E-state index contributed by atoms with van der Waals surface area (Å²) in [7, 11) is -9.21. The Morgan fingerprint density at radius 2 is 0.917 bits per heavy atom. The molecule has 2 amide bonds. The van der Waals surface area contributed by atoms with Crippen molar-refractivity contribution < 1.29 is 112 Å². The fourth-order valence-corrected chi connectivity index (χ4v) is 17.4. The molecule has 0 aromatic heterocycles. The normalized spacial score (nSPS) is 17.4. The third kappa shape index (κ3) is 40.2. The molecule has 0 saturated carbocycles. The Morgan fingerprint density at radius 3 is 1.42 bits per heavy atom. The molecule has 0 radical (unpaired) electrons. The molecule has 31 nitrogen and oxygen atoms in total. The molecular formula is C100H155N8O23S2+. The number of carbonyl (C=O) groups excluding carboxylic acids is 10. The van der Waals surface area contributed by atoms with Crippen LogP contribution < -0.4 is 15.5 Å². The highest BCUT2D eigenvalue weighted by molar-refractivity contribution is 7.86. The van der Waals surface area contributed by atoms with Crippen LogP contribution in [0.1, 0.15) is 286 Å². The Morgan fingerprint density at radius 1 is 0.474 bits per heavy atom. The molecule has 0 bridgehead atoms. The summed E-state index contributed by atoms with van der Waals surface area (Å²) in [6.07, 6.45) is 10.8. The van der Waals surface area contributed by atoms with Gasteiger partial charge in [0.05, 0.1) is 53.2 Å². The quantitative estimate of drug-likeness (QED) is 0.0135. The first kappa shape index (κ1) is 113. The van der Waals surface area contributed by atoms with E-state index in [-0.39, 0.29) is 112 Å². The highest BCUT2D eigenvalue weighted by Crippen LogP contribution is 2.49. The SMILES string of the molecule is CC(C)(C)OC(=O)CC[C@H](CC(=O)CC(CCCCNC(=O)CCCCCN1C(=CC=CC2=[N+](CCCCCC(=O)Nc3ccc(CC4CN(CC(=O)OC(C)(C)C)CCN(CC(=O)OC(C)(C)C)CCN(CC(=O)OC(C)(C)C)CCN4CC(=O)OC(C)(C)C)cc3)c3ccc(S(=O)(=O)O)cc3C2(C)C)C(C)(C)c2cc(S(=O)(=O)O)ccc21)C(=O)OC(C)(C)C)C(=O)OC(C)(C)C. The minimum atomic E-state index is -4.61. The second-order valence-corrected chi connectivity index (χ2v) is 46.2. The van der Waals surface area contributed by atoms with Crippen LogP contribution in [0.25, 0.3) is 0 Å². The molecule has 3 aromatic carbocycles. The molecule has 744 valence electrons. The smallest absolute Gasteiger partial charge is 0.320 e. The van der Waals surface area contributed by atoms with Gasteiger partial charge in [-0.05, 0) is 270 Å². The lowest BCUT2D eigenvalue weighted by Crippen LogP contribution is -2.54. The lowest BCUT2D eigenvalue weighted by Gasteiger charge is -2.39. The summed E-state index contributed by atoms with van der Waals surface area (Å²) in [6.45, 7) is 48.0. The third-order valence-electron chi connectivity index (χ3n) is 22.2. The number of ether oxygens (including phenoxy) is 7. The van der Waals surface area contributed by atoms with E-state index in [2.05, 4.69) is 20.1 Å². The van der Waals surface area contributed by atoms with Crippen LogP contribution >= 0.6 is 0 Å². The Hall–Kier alpha value is -8.83. The topological polar surface area (TPSA) is 387 Å². The molecule has 1 fully saturated rings. The maximum Gasteiger partial charge on any atom is 0.320 e. The van der Waals surface area contributed by atoms with Gasteiger partial charge in [0.15, 0.2) is 5.71 Å². The molecule has 0 aliphatic carbocycles. The van der Waals surface area contributed by atoms with Crippen molar-refractivity contribution in [2.45, 2.75) is 342 Å². The standard InChI is InChI=1S/C100H154N8O23S2/c1-92(2,3)125-85(112)49-42-71(91(118)131-98(19,20)21)61-74(109)60-70(90(117)130-97(16,17)18)35-30-31-50-101-83(110)38-28-26-32-51-107-79-47-45-75(132(119,120)121)62-77(79)99(22,23)81(107)36-34-37-82-100(24,25)78-63-76(133(122,123)124)46-48-80(78)108(82)52-33-27-29-39-84(111)102-72-43-40-69(41-44-72)59-73-64-105(67-88(115)128-95(10,11)12)56-55-103(65-86(113)126-93(4,5)6)53-54-104(66-87(114)127-94(7,8)9)57-58-106(73)68-89(116)129-96(13,14)15/h34,36-37,40-41,43-48,62-63,70-71,73H,26-33,35,38-39,42,49-61,64-68H2,1-25H3,(H3-,101,102,110,111,119,120,121,122,123,124)/p+1/t70?,71-,73?/m1/s1. The summed E-state index contributed by atoms with van der Waals surface area (Å²) in [6, 6.07) is 16.0. The van der Waals surface area contributed by atoms with Crippen LogP contribution in [0.4, 0.5) is 17.1 Å². The van der Waals surface area contributed by atoms with E-state index in [1.807, 2.05) is 89.8 Å². The van der Waals surface area contributed by atoms with Crippen molar-refractivity contribution in [1.82, 2.24) is 24.9 Å². The Labute approximate surface area is 791 Å². The number of nitrogens with zero attached hydrogens (tertiary/aromatic N) is 6. The van der Waals surface area contributed by atoms with Gasteiger partial charge in [-0.25, -0.2) is 0 Å². The molecule has 3 atom stereocenters. The first-order valence-corrected chi connectivity index (χ1v) is 49.7. The van der Waals surface area contributed by atoms with Gasteiger partial charge in [0.2, 0.25) is 17.5 Å². The molecule has 133 heavy (non-hydrogen) atoms. The minimum Gasteiger partial charge on any atom is -0.460 e. The number of allylic oxidation sites excluding steroid dienone is 4. The van der Waals surface area contributed by atoms with E-state index in [0.717, 1.165) is 28.3 Å². The number of fused-ring (bicyclic) bond motifs is 2. The van der Waals surface area contributed by atoms with E-state index in [1.165, 1.54) is 24.3 Å². The monoisotopic (exact) mass is 1900 g/mol. The van der Waals surface area contributed by atoms with Gasteiger partial charge in [0.25, 0.3) is 20.2 Å². The number of hydrogen-bond acceptors (Lipinski definition) is 26. The van der Waals surface area contributed by atoms with E-state index >= 15 is 0 Å². The summed E-state index contributed by atoms with van der Waals surface area (Å²) in [4.78, 5) is 145. The van der Waals surface area contributed by atoms with Crippen LogP contribution in [0, 0.1) is 11.8 Å². The van der Waals surface area contributed by atoms with Crippen molar-refractivity contribution in [1.29, 1.82) is 0 Å². The molecule has 6 rings (SSSR count). The average molecular weight is 1900 g/mol. The van der Waals surface area contributed by atoms with E-state index in [4.69, 9.17) is 33.2 Å². The van der Waals surface area contributed by atoms with Crippen molar-refractivity contribution in [2.24, 2.45) is 11.8 Å². The number of rotatable bonds is 41. The lowest BCUT2D eigenvalue weighted by atomic mass is 9.81. The van der Waals surface area contributed by atoms with E-state index < -0.39 is 130 Å². The zero-order valence-electron chi connectivity index (χ0n) is 83.9. The highest BCUT2D eigenvalue weighted by Gasteiger charge is 2.46. The number of carbonyl (C=O) groups is 10. The maximum atomic E-state index is 14.0. The number of Topliss-reactive ketones (excluding diaryl/α,β-unsaturated/α-hetero) is 1. The second kappa shape index (κ2) is 47.8. The number of esters is 7. The van der Waals surface area contributed by atoms with Crippen molar-refractivity contribution >= 4 is 102 Å². The fraction of sp³-hybridized carbons (Fsp3) is 0.670. The molecule has 3 aromatic rings. The van der Waals surface area contributed by atoms with Crippen molar-refractivity contribution in [3.63, 3.8) is 0 Å². The molecule has 4 N–H and O–H groups in total. The van der Waals surface area contributed by atoms with E-state index in [1.54, 1.807) is 158 Å². The average Bonchev–Trinajstić information content (AvgIpc) is 1.59. The van der Waals surface area contributed by atoms with Crippen molar-refractivity contribution in [3.8, 4) is 0 Å². The molecule has 1 saturated heterocycles.